The average molecular weight is 391 g/mol. The van der Waals surface area contributed by atoms with Gasteiger partial charge in [-0.3, -0.25) is 0 Å². The largest absolute Gasteiger partial charge is 0.444 e. The molecule has 0 radical (unpaired) electrons. The number of carbonyl (C=O) groups is 1. The van der Waals surface area contributed by atoms with Gasteiger partial charge in [0.15, 0.2) is 0 Å². The van der Waals surface area contributed by atoms with Crippen molar-refractivity contribution >= 4 is 33.3 Å². The minimum absolute atomic E-state index is 0.0626. The molecule has 25 heavy (non-hydrogen) atoms. The Morgan fingerprint density at radius 2 is 2.08 bits per heavy atom. The van der Waals surface area contributed by atoms with Crippen LogP contribution in [0.25, 0.3) is 0 Å². The number of piperidine rings is 1. The molecule has 2 heterocycles. The van der Waals surface area contributed by atoms with Crippen molar-refractivity contribution in [1.82, 2.24) is 15.3 Å². The van der Waals surface area contributed by atoms with E-state index in [1.807, 2.05) is 4.90 Å². The Balaban J connectivity index is 2.11. The molecule has 1 aromatic heterocycles. The van der Waals surface area contributed by atoms with E-state index in [9.17, 15) is 13.2 Å². The van der Waals surface area contributed by atoms with Gasteiger partial charge < -0.3 is 15.0 Å². The van der Waals surface area contributed by atoms with Gasteiger partial charge in [-0.1, -0.05) is 11.6 Å². The molecule has 2 rings (SSSR count). The van der Waals surface area contributed by atoms with E-state index in [1.165, 1.54) is 6.07 Å². The van der Waals surface area contributed by atoms with Gasteiger partial charge in [0.05, 0.1) is 0 Å². The smallest absolute Gasteiger partial charge is 0.407 e. The highest BCUT2D eigenvalue weighted by molar-refractivity contribution is 7.90. The van der Waals surface area contributed by atoms with Crippen LogP contribution in [0.3, 0.4) is 0 Å². The third kappa shape index (κ3) is 6.00. The summed E-state index contributed by atoms with van der Waals surface area (Å²) in [6.07, 6.45) is 2.17. The molecule has 1 saturated heterocycles. The van der Waals surface area contributed by atoms with E-state index in [-0.39, 0.29) is 16.4 Å². The van der Waals surface area contributed by atoms with Gasteiger partial charge in [-0.05, 0) is 33.6 Å². The second-order valence-corrected chi connectivity index (χ2v) is 9.33. The summed E-state index contributed by atoms with van der Waals surface area (Å²) in [5.41, 5.74) is -0.566. The van der Waals surface area contributed by atoms with Crippen LogP contribution in [-0.2, 0) is 14.6 Å². The monoisotopic (exact) mass is 390 g/mol. The summed E-state index contributed by atoms with van der Waals surface area (Å²) in [5.74, 6) is 0.427. The van der Waals surface area contributed by atoms with E-state index in [1.54, 1.807) is 20.8 Å². The maximum absolute atomic E-state index is 11.9. The van der Waals surface area contributed by atoms with Gasteiger partial charge in [0.2, 0.25) is 15.0 Å². The first-order chi connectivity index (χ1) is 11.4. The number of amides is 1. The van der Waals surface area contributed by atoms with E-state index < -0.39 is 21.5 Å². The second-order valence-electron chi connectivity index (χ2n) is 7.04. The molecule has 140 valence electrons. The molecule has 0 aromatic carbocycles. The highest BCUT2D eigenvalue weighted by atomic mass is 35.5. The lowest BCUT2D eigenvalue weighted by atomic mass is 10.1. The molecule has 1 fully saturated rings. The zero-order chi connectivity index (χ0) is 18.8. The predicted molar refractivity (Wildman–Crippen MR) is 94.8 cm³/mol. The standard InChI is InChI=1S/C15H23ClN4O4S/c1-15(2,3)24-14(21)17-10-6-5-7-20(9-10)12-8-11(16)18-13(19-12)25(4,22)23/h8,10H,5-7,9H2,1-4H3,(H,17,21)/t10-/m1/s1. The number of hydrogen-bond donors (Lipinski definition) is 1. The Morgan fingerprint density at radius 1 is 1.40 bits per heavy atom. The minimum Gasteiger partial charge on any atom is -0.444 e. The third-order valence-electron chi connectivity index (χ3n) is 3.46. The maximum Gasteiger partial charge on any atom is 0.407 e. The van der Waals surface area contributed by atoms with Gasteiger partial charge >= 0.3 is 6.09 Å². The SMILES string of the molecule is CC(C)(C)OC(=O)N[C@@H]1CCCN(c2cc(Cl)nc(S(C)(=O)=O)n2)C1. The lowest BCUT2D eigenvalue weighted by Gasteiger charge is -2.34. The fourth-order valence-corrected chi connectivity index (χ4v) is 3.24. The molecule has 10 heteroatoms. The van der Waals surface area contributed by atoms with Crippen molar-refractivity contribution in [2.75, 3.05) is 24.2 Å². The summed E-state index contributed by atoms with van der Waals surface area (Å²) in [6.45, 7) is 6.57. The lowest BCUT2D eigenvalue weighted by molar-refractivity contribution is 0.0500. The number of anilines is 1. The number of hydrogen-bond acceptors (Lipinski definition) is 7. The van der Waals surface area contributed by atoms with Gasteiger partial charge in [-0.2, -0.15) is 0 Å². The van der Waals surface area contributed by atoms with Crippen LogP contribution in [0.2, 0.25) is 5.15 Å². The fourth-order valence-electron chi connectivity index (χ4n) is 2.49. The third-order valence-corrected chi connectivity index (χ3v) is 4.50. The molecular weight excluding hydrogens is 368 g/mol. The summed E-state index contributed by atoms with van der Waals surface area (Å²) in [4.78, 5) is 21.7. The Labute approximate surface area is 152 Å². The number of halogens is 1. The number of ether oxygens (including phenoxy) is 1. The van der Waals surface area contributed by atoms with Crippen molar-refractivity contribution in [1.29, 1.82) is 0 Å². The topological polar surface area (TPSA) is 101 Å². The van der Waals surface area contributed by atoms with Crippen molar-refractivity contribution in [2.24, 2.45) is 0 Å². The first-order valence-corrected chi connectivity index (χ1v) is 10.2. The highest BCUT2D eigenvalue weighted by Crippen LogP contribution is 2.22. The summed E-state index contributed by atoms with van der Waals surface area (Å²) < 4.78 is 28.6. The molecule has 0 bridgehead atoms. The van der Waals surface area contributed by atoms with Gasteiger partial charge in [0, 0.05) is 31.5 Å². The molecule has 0 spiro atoms. The second kappa shape index (κ2) is 7.33. The molecule has 0 saturated carbocycles. The van der Waals surface area contributed by atoms with Crippen LogP contribution in [0.4, 0.5) is 10.6 Å². The van der Waals surface area contributed by atoms with Crippen molar-refractivity contribution in [3.05, 3.63) is 11.2 Å². The minimum atomic E-state index is -3.56. The van der Waals surface area contributed by atoms with E-state index >= 15 is 0 Å². The number of rotatable bonds is 3. The first kappa shape index (κ1) is 19.7. The average Bonchev–Trinajstić information content (AvgIpc) is 2.43. The number of nitrogens with zero attached hydrogens (tertiary/aromatic N) is 3. The summed E-state index contributed by atoms with van der Waals surface area (Å²) >= 11 is 5.94. The molecular formula is C15H23ClN4O4S. The number of carbonyl (C=O) groups excluding carboxylic acids is 1. The van der Waals surface area contributed by atoms with Crippen molar-refractivity contribution in [3.63, 3.8) is 0 Å². The van der Waals surface area contributed by atoms with Gasteiger partial charge in [0.25, 0.3) is 0 Å². The molecule has 1 atom stereocenters. The van der Waals surface area contributed by atoms with Gasteiger partial charge in [-0.15, -0.1) is 0 Å². The quantitative estimate of drug-likeness (QED) is 0.622. The van der Waals surface area contributed by atoms with Crippen LogP contribution in [0.1, 0.15) is 33.6 Å². The van der Waals surface area contributed by atoms with Crippen molar-refractivity contribution in [2.45, 2.75) is 50.4 Å². The number of aromatic nitrogens is 2. The molecule has 0 aliphatic carbocycles. The summed E-state index contributed by atoms with van der Waals surface area (Å²) in [7, 11) is -3.56. The Hall–Kier alpha value is -1.61. The van der Waals surface area contributed by atoms with Crippen LogP contribution in [0.15, 0.2) is 11.2 Å². The van der Waals surface area contributed by atoms with Crippen LogP contribution >= 0.6 is 11.6 Å². The van der Waals surface area contributed by atoms with Gasteiger partial charge in [0.1, 0.15) is 16.6 Å². The Bertz CT molecular complexity index is 748. The number of alkyl carbamates (subject to hydrolysis) is 1. The summed E-state index contributed by atoms with van der Waals surface area (Å²) in [5, 5.41) is 2.59. The first-order valence-electron chi connectivity index (χ1n) is 7.93. The zero-order valence-electron chi connectivity index (χ0n) is 14.7. The Kier molecular flexibility index (Phi) is 5.78. The predicted octanol–water partition coefficient (Wildman–Crippen LogP) is 2.03. The van der Waals surface area contributed by atoms with Crippen LogP contribution in [0, 0.1) is 0 Å². The molecule has 1 aromatic rings. The molecule has 8 nitrogen and oxygen atoms in total. The molecule has 0 unspecified atom stereocenters. The van der Waals surface area contributed by atoms with Crippen LogP contribution in [0.5, 0.6) is 0 Å². The lowest BCUT2D eigenvalue weighted by Crippen LogP contribution is -2.49. The van der Waals surface area contributed by atoms with Crippen LogP contribution in [-0.4, -0.2) is 55.5 Å². The normalized spacial score (nSPS) is 18.8. The van der Waals surface area contributed by atoms with E-state index in [0.717, 1.165) is 19.1 Å². The van der Waals surface area contributed by atoms with Crippen LogP contribution < -0.4 is 10.2 Å². The van der Waals surface area contributed by atoms with E-state index in [0.29, 0.717) is 18.9 Å². The molecule has 1 amide bonds. The molecule has 1 aliphatic rings. The van der Waals surface area contributed by atoms with E-state index in [4.69, 9.17) is 16.3 Å². The Morgan fingerprint density at radius 3 is 2.68 bits per heavy atom. The maximum atomic E-state index is 11.9. The number of nitrogens with one attached hydrogen (secondary N) is 1. The van der Waals surface area contributed by atoms with E-state index in [2.05, 4.69) is 15.3 Å². The summed E-state index contributed by atoms with van der Waals surface area (Å²) in [6, 6.07) is 1.39. The molecule has 1 aliphatic heterocycles. The zero-order valence-corrected chi connectivity index (χ0v) is 16.3. The highest BCUT2D eigenvalue weighted by Gasteiger charge is 2.26. The molecule has 1 N–H and O–H groups in total. The van der Waals surface area contributed by atoms with Gasteiger partial charge in [-0.25, -0.2) is 23.2 Å². The fraction of sp³-hybridized carbons (Fsp3) is 0.667. The number of sulfone groups is 1. The van der Waals surface area contributed by atoms with Crippen molar-refractivity contribution < 1.29 is 17.9 Å². The van der Waals surface area contributed by atoms with Crippen molar-refractivity contribution in [3.8, 4) is 0 Å².